The number of esters is 1. The molecule has 0 aliphatic carbocycles. The van der Waals surface area contributed by atoms with Crippen molar-refractivity contribution in [3.05, 3.63) is 95.1 Å². The van der Waals surface area contributed by atoms with Gasteiger partial charge in [0, 0.05) is 11.8 Å². The molecule has 2 heterocycles. The van der Waals surface area contributed by atoms with Crippen LogP contribution in [-0.2, 0) is 45.7 Å². The Hall–Kier alpha value is -3.15. The number of aryl methyl sites for hydroxylation is 1. The molecule has 16 heteroatoms. The zero-order chi connectivity index (χ0) is 33.7. The molecule has 8 nitrogen and oxygen atoms in total. The molecular weight excluding hydrogens is 666 g/mol. The minimum absolute atomic E-state index is 0.00930. The van der Waals surface area contributed by atoms with Gasteiger partial charge in [-0.1, -0.05) is 59.8 Å². The van der Waals surface area contributed by atoms with Crippen molar-refractivity contribution in [1.29, 1.82) is 0 Å². The second-order valence-electron chi connectivity index (χ2n) is 10.7. The largest absolute Gasteiger partial charge is 0.456 e. The highest BCUT2D eigenvalue weighted by molar-refractivity contribution is 7.99. The van der Waals surface area contributed by atoms with Gasteiger partial charge in [0.1, 0.15) is 17.6 Å². The number of thioether (sulfide) groups is 1. The number of ether oxygens (including phenoxy) is 3. The molecule has 3 aromatic rings. The highest BCUT2D eigenvalue weighted by Gasteiger charge is 2.66. The lowest BCUT2D eigenvalue weighted by Crippen LogP contribution is -2.67. The monoisotopic (exact) mass is 692 g/mol. The summed E-state index contributed by atoms with van der Waals surface area (Å²) in [6, 6.07) is 14.6. The summed E-state index contributed by atoms with van der Waals surface area (Å²) < 4.78 is 132. The van der Waals surface area contributed by atoms with Crippen LogP contribution in [0.25, 0.3) is 0 Å². The van der Waals surface area contributed by atoms with Crippen LogP contribution in [0.3, 0.4) is 0 Å². The number of halogens is 6. The average Bonchev–Trinajstić information content (AvgIpc) is 3.31. The Labute approximate surface area is 263 Å². The third-order valence-electron chi connectivity index (χ3n) is 7.43. The van der Waals surface area contributed by atoms with Gasteiger partial charge in [-0.25, -0.2) is 0 Å². The summed E-state index contributed by atoms with van der Waals surface area (Å²) >= 11 is 0.967. The Bertz CT molecular complexity index is 1650. The molecule has 46 heavy (non-hydrogen) atoms. The third-order valence-corrected chi connectivity index (χ3v) is 9.86. The fourth-order valence-electron chi connectivity index (χ4n) is 5.29. The van der Waals surface area contributed by atoms with Gasteiger partial charge in [0.2, 0.25) is 0 Å². The number of alkyl halides is 6. The Morgan fingerprint density at radius 2 is 1.54 bits per heavy atom. The van der Waals surface area contributed by atoms with Crippen LogP contribution in [-0.4, -0.2) is 55.4 Å². The second kappa shape index (κ2) is 12.5. The standard InChI is InChI=1S/C30H26F6O8S2/c1-16-8-10-21(11-9-16)45-27-24(42-17(2)37)26(28(38)23(43-27)15-41-25(28)18-6-4-3-5-7-18)44-46(39,40)22-13-19(29(31,32)33)12-20(14-22)30(34,35)36/h3-14,23-27,38H,15H2,1-2H3/t23-,24-,25?,26-,27+,28-/m1/s1. The predicted molar refractivity (Wildman–Crippen MR) is 150 cm³/mol. The topological polar surface area (TPSA) is 108 Å². The van der Waals surface area contributed by atoms with Crippen molar-refractivity contribution in [2.45, 2.75) is 71.4 Å². The van der Waals surface area contributed by atoms with Crippen LogP contribution in [0.1, 0.15) is 35.3 Å². The van der Waals surface area contributed by atoms with E-state index in [0.29, 0.717) is 10.5 Å². The van der Waals surface area contributed by atoms with E-state index in [1.54, 1.807) is 42.5 Å². The Morgan fingerprint density at radius 3 is 2.09 bits per heavy atom. The maximum absolute atomic E-state index is 13.7. The molecule has 0 radical (unpaired) electrons. The number of fused-ring (bicyclic) bond motifs is 1. The van der Waals surface area contributed by atoms with Gasteiger partial charge >= 0.3 is 18.3 Å². The van der Waals surface area contributed by atoms with Crippen molar-refractivity contribution in [2.24, 2.45) is 0 Å². The SMILES string of the molecule is CC(=O)O[C@@H]1[C@@H](OS(=O)(=O)c2cc(C(F)(F)F)cc(C(F)(F)F)c2)[C@]2(O)C(c3ccccc3)OC[C@H]2O[C@H]1Sc1ccc(C)cc1. The van der Waals surface area contributed by atoms with Gasteiger partial charge in [-0.3, -0.25) is 8.98 Å². The van der Waals surface area contributed by atoms with Crippen molar-refractivity contribution >= 4 is 27.8 Å². The summed E-state index contributed by atoms with van der Waals surface area (Å²) in [6.07, 6.45) is -17.3. The molecule has 248 valence electrons. The normalized spacial score (nSPS) is 26.8. The molecule has 2 fully saturated rings. The van der Waals surface area contributed by atoms with Crippen LogP contribution < -0.4 is 0 Å². The molecular formula is C30H26F6O8S2. The summed E-state index contributed by atoms with van der Waals surface area (Å²) in [4.78, 5) is 11.4. The molecule has 0 aromatic heterocycles. The molecule has 5 rings (SSSR count). The second-order valence-corrected chi connectivity index (χ2v) is 13.5. The van der Waals surface area contributed by atoms with Gasteiger partial charge in [-0.05, 0) is 42.8 Å². The number of benzene rings is 3. The van der Waals surface area contributed by atoms with Crippen molar-refractivity contribution in [3.8, 4) is 0 Å². The van der Waals surface area contributed by atoms with E-state index in [4.69, 9.17) is 18.4 Å². The Morgan fingerprint density at radius 1 is 0.957 bits per heavy atom. The highest BCUT2D eigenvalue weighted by atomic mass is 32.2. The molecule has 0 bridgehead atoms. The Kier molecular flexibility index (Phi) is 9.27. The summed E-state index contributed by atoms with van der Waals surface area (Å²) in [5.74, 6) is -0.968. The highest BCUT2D eigenvalue weighted by Crippen LogP contribution is 2.51. The first-order valence-corrected chi connectivity index (χ1v) is 15.9. The molecule has 1 unspecified atom stereocenters. The third kappa shape index (κ3) is 6.92. The molecule has 6 atom stereocenters. The number of carbonyl (C=O) groups is 1. The zero-order valence-electron chi connectivity index (χ0n) is 23.9. The molecule has 0 saturated carbocycles. The summed E-state index contributed by atoms with van der Waals surface area (Å²) in [6.45, 7) is 2.49. The minimum Gasteiger partial charge on any atom is -0.456 e. The average molecular weight is 693 g/mol. The molecule has 0 amide bonds. The van der Waals surface area contributed by atoms with Gasteiger partial charge in [0.25, 0.3) is 10.1 Å². The van der Waals surface area contributed by atoms with Gasteiger partial charge in [-0.15, -0.1) is 0 Å². The summed E-state index contributed by atoms with van der Waals surface area (Å²) in [7, 11) is -5.55. The first kappa shape index (κ1) is 34.2. The number of aliphatic hydroxyl groups is 1. The van der Waals surface area contributed by atoms with Crippen LogP contribution in [0.5, 0.6) is 0 Å². The van der Waals surface area contributed by atoms with Crippen molar-refractivity contribution < 1.29 is 63.1 Å². The number of rotatable bonds is 7. The van der Waals surface area contributed by atoms with Gasteiger partial charge in [0.05, 0.1) is 22.6 Å². The smallest absolute Gasteiger partial charge is 0.416 e. The van der Waals surface area contributed by atoms with E-state index in [2.05, 4.69) is 0 Å². The van der Waals surface area contributed by atoms with E-state index < -0.39 is 79.9 Å². The predicted octanol–water partition coefficient (Wildman–Crippen LogP) is 6.06. The summed E-state index contributed by atoms with van der Waals surface area (Å²) in [5.41, 5.74) is -6.34. The first-order valence-electron chi connectivity index (χ1n) is 13.6. The molecule has 0 spiro atoms. The molecule has 2 saturated heterocycles. The van der Waals surface area contributed by atoms with Crippen molar-refractivity contribution in [1.82, 2.24) is 0 Å². The van der Waals surface area contributed by atoms with E-state index in [9.17, 15) is 44.7 Å². The maximum Gasteiger partial charge on any atom is 0.416 e. The van der Waals surface area contributed by atoms with Crippen LogP contribution in [0.4, 0.5) is 26.3 Å². The van der Waals surface area contributed by atoms with E-state index >= 15 is 0 Å². The van der Waals surface area contributed by atoms with Gasteiger partial charge in [0.15, 0.2) is 17.8 Å². The van der Waals surface area contributed by atoms with Gasteiger partial charge < -0.3 is 19.3 Å². The maximum atomic E-state index is 13.7. The minimum atomic E-state index is -5.55. The lowest BCUT2D eigenvalue weighted by molar-refractivity contribution is -0.244. The van der Waals surface area contributed by atoms with Crippen LogP contribution in [0.2, 0.25) is 0 Å². The van der Waals surface area contributed by atoms with Crippen molar-refractivity contribution in [2.75, 3.05) is 6.61 Å². The van der Waals surface area contributed by atoms with E-state index in [1.807, 2.05) is 6.92 Å². The number of hydrogen-bond donors (Lipinski definition) is 1. The summed E-state index contributed by atoms with van der Waals surface area (Å²) in [5, 5.41) is 12.3. The van der Waals surface area contributed by atoms with E-state index in [0.717, 1.165) is 24.2 Å². The molecule has 1 N–H and O–H groups in total. The zero-order valence-corrected chi connectivity index (χ0v) is 25.5. The van der Waals surface area contributed by atoms with Crippen LogP contribution >= 0.6 is 11.8 Å². The Balaban J connectivity index is 1.65. The first-order chi connectivity index (χ1) is 21.4. The quantitative estimate of drug-likeness (QED) is 0.180. The molecule has 2 aliphatic rings. The lowest BCUT2D eigenvalue weighted by atomic mass is 9.79. The van der Waals surface area contributed by atoms with Crippen LogP contribution in [0, 0.1) is 6.92 Å². The lowest BCUT2D eigenvalue weighted by Gasteiger charge is -2.48. The van der Waals surface area contributed by atoms with Crippen LogP contribution in [0.15, 0.2) is 82.6 Å². The number of hydrogen-bond acceptors (Lipinski definition) is 9. The van der Waals surface area contributed by atoms with E-state index in [1.165, 1.54) is 12.1 Å². The van der Waals surface area contributed by atoms with Crippen molar-refractivity contribution in [3.63, 3.8) is 0 Å². The molecule has 3 aromatic carbocycles. The molecule has 2 aliphatic heterocycles. The fraction of sp³-hybridized carbons (Fsp3) is 0.367. The van der Waals surface area contributed by atoms with Gasteiger partial charge in [-0.2, -0.15) is 34.8 Å². The fourth-order valence-corrected chi connectivity index (χ4v) is 7.56. The number of carbonyl (C=O) groups excluding carboxylic acids is 1. The van der Waals surface area contributed by atoms with E-state index in [-0.39, 0.29) is 24.8 Å².